The van der Waals surface area contributed by atoms with Gasteiger partial charge in [0.05, 0.1) is 0 Å². The summed E-state index contributed by atoms with van der Waals surface area (Å²) >= 11 is 0. The van der Waals surface area contributed by atoms with Gasteiger partial charge in [0.15, 0.2) is 0 Å². The van der Waals surface area contributed by atoms with Crippen LogP contribution in [-0.2, 0) is 6.54 Å². The molecule has 1 heteroatoms. The molecular formula is C17H27N. The molecule has 1 aliphatic rings. The highest BCUT2D eigenvalue weighted by Gasteiger charge is 2.19. The minimum Gasteiger partial charge on any atom is -0.310 e. The molecule has 18 heavy (non-hydrogen) atoms. The summed E-state index contributed by atoms with van der Waals surface area (Å²) in [7, 11) is 0. The molecule has 1 aliphatic carbocycles. The molecule has 0 aliphatic heterocycles. The summed E-state index contributed by atoms with van der Waals surface area (Å²) in [5, 5.41) is 3.75. The summed E-state index contributed by atoms with van der Waals surface area (Å²) < 4.78 is 0. The third-order valence-corrected chi connectivity index (χ3v) is 4.51. The molecule has 0 spiro atoms. The van der Waals surface area contributed by atoms with Gasteiger partial charge in [0.25, 0.3) is 0 Å². The predicted molar refractivity (Wildman–Crippen MR) is 78.8 cm³/mol. The second-order valence-corrected chi connectivity index (χ2v) is 5.94. The van der Waals surface area contributed by atoms with Crippen LogP contribution in [0.15, 0.2) is 18.2 Å². The van der Waals surface area contributed by atoms with Crippen molar-refractivity contribution in [1.82, 2.24) is 5.32 Å². The van der Waals surface area contributed by atoms with E-state index >= 15 is 0 Å². The van der Waals surface area contributed by atoms with Crippen molar-refractivity contribution in [2.45, 2.75) is 65.5 Å². The number of rotatable bonds is 4. The predicted octanol–water partition coefficient (Wildman–Crippen LogP) is 4.36. The summed E-state index contributed by atoms with van der Waals surface area (Å²) in [5.41, 5.74) is 4.25. The van der Waals surface area contributed by atoms with Gasteiger partial charge in [-0.15, -0.1) is 0 Å². The normalized spacial score (nSPS) is 24.2. The first-order valence-corrected chi connectivity index (χ1v) is 7.48. The molecule has 1 saturated carbocycles. The number of nitrogens with one attached hydrogen (secondary N) is 1. The fourth-order valence-corrected chi connectivity index (χ4v) is 3.02. The molecule has 1 aromatic rings. The quantitative estimate of drug-likeness (QED) is 0.831. The Morgan fingerprint density at radius 2 is 1.83 bits per heavy atom. The zero-order valence-corrected chi connectivity index (χ0v) is 12.1. The molecular weight excluding hydrogens is 218 g/mol. The SMILES string of the molecule is CCC1CCC(NCc2cc(C)ccc2C)CC1. The average Bonchev–Trinajstić information content (AvgIpc) is 2.40. The third-order valence-electron chi connectivity index (χ3n) is 4.51. The first kappa shape index (κ1) is 13.6. The number of hydrogen-bond donors (Lipinski definition) is 1. The summed E-state index contributed by atoms with van der Waals surface area (Å²) in [6.45, 7) is 7.75. The molecule has 0 saturated heterocycles. The number of benzene rings is 1. The molecule has 0 atom stereocenters. The van der Waals surface area contributed by atoms with Crippen LogP contribution in [0.4, 0.5) is 0 Å². The Kier molecular flexibility index (Phi) is 4.82. The van der Waals surface area contributed by atoms with Gasteiger partial charge in [-0.05, 0) is 56.6 Å². The monoisotopic (exact) mass is 245 g/mol. The summed E-state index contributed by atoms with van der Waals surface area (Å²) in [6.07, 6.45) is 6.93. The van der Waals surface area contributed by atoms with E-state index in [9.17, 15) is 0 Å². The van der Waals surface area contributed by atoms with Gasteiger partial charge in [-0.25, -0.2) is 0 Å². The van der Waals surface area contributed by atoms with E-state index in [2.05, 4.69) is 44.3 Å². The lowest BCUT2D eigenvalue weighted by Crippen LogP contribution is -2.32. The molecule has 1 fully saturated rings. The number of hydrogen-bond acceptors (Lipinski definition) is 1. The van der Waals surface area contributed by atoms with E-state index in [1.165, 1.54) is 48.8 Å². The lowest BCUT2D eigenvalue weighted by molar-refractivity contribution is 0.285. The van der Waals surface area contributed by atoms with Gasteiger partial charge in [-0.3, -0.25) is 0 Å². The fourth-order valence-electron chi connectivity index (χ4n) is 3.02. The van der Waals surface area contributed by atoms with Gasteiger partial charge in [0.1, 0.15) is 0 Å². The fraction of sp³-hybridized carbons (Fsp3) is 0.647. The van der Waals surface area contributed by atoms with Gasteiger partial charge < -0.3 is 5.32 Å². The van der Waals surface area contributed by atoms with Gasteiger partial charge in [0.2, 0.25) is 0 Å². The molecule has 0 radical (unpaired) electrons. The van der Waals surface area contributed by atoms with Crippen LogP contribution in [0, 0.1) is 19.8 Å². The van der Waals surface area contributed by atoms with Crippen molar-refractivity contribution in [1.29, 1.82) is 0 Å². The van der Waals surface area contributed by atoms with Crippen LogP contribution in [0.3, 0.4) is 0 Å². The molecule has 0 unspecified atom stereocenters. The Labute approximate surface area is 112 Å². The number of aryl methyl sites for hydroxylation is 2. The van der Waals surface area contributed by atoms with Crippen molar-refractivity contribution in [3.8, 4) is 0 Å². The van der Waals surface area contributed by atoms with Crippen LogP contribution in [0.1, 0.15) is 55.7 Å². The van der Waals surface area contributed by atoms with Gasteiger partial charge in [-0.1, -0.05) is 37.1 Å². The zero-order valence-electron chi connectivity index (χ0n) is 12.1. The molecule has 0 aromatic heterocycles. The molecule has 2 rings (SSSR count). The molecule has 0 amide bonds. The van der Waals surface area contributed by atoms with Crippen molar-refractivity contribution in [3.05, 3.63) is 34.9 Å². The Morgan fingerprint density at radius 3 is 2.50 bits per heavy atom. The molecule has 1 aromatic carbocycles. The maximum absolute atomic E-state index is 3.75. The maximum atomic E-state index is 3.75. The second kappa shape index (κ2) is 6.38. The first-order valence-electron chi connectivity index (χ1n) is 7.48. The van der Waals surface area contributed by atoms with Crippen molar-refractivity contribution < 1.29 is 0 Å². The van der Waals surface area contributed by atoms with Crippen LogP contribution in [-0.4, -0.2) is 6.04 Å². The van der Waals surface area contributed by atoms with E-state index in [0.717, 1.165) is 18.5 Å². The Bertz CT molecular complexity index is 375. The second-order valence-electron chi connectivity index (χ2n) is 5.94. The third kappa shape index (κ3) is 3.58. The average molecular weight is 245 g/mol. The smallest absolute Gasteiger partial charge is 0.0210 e. The Morgan fingerprint density at radius 1 is 1.11 bits per heavy atom. The van der Waals surface area contributed by atoms with Crippen LogP contribution < -0.4 is 5.32 Å². The first-order chi connectivity index (χ1) is 8.69. The van der Waals surface area contributed by atoms with Crippen LogP contribution in [0.2, 0.25) is 0 Å². The van der Waals surface area contributed by atoms with E-state index in [4.69, 9.17) is 0 Å². The van der Waals surface area contributed by atoms with E-state index in [-0.39, 0.29) is 0 Å². The Hall–Kier alpha value is -0.820. The van der Waals surface area contributed by atoms with E-state index in [0.29, 0.717) is 0 Å². The van der Waals surface area contributed by atoms with Gasteiger partial charge in [0, 0.05) is 12.6 Å². The molecule has 100 valence electrons. The van der Waals surface area contributed by atoms with Gasteiger partial charge in [-0.2, -0.15) is 0 Å². The van der Waals surface area contributed by atoms with Crippen molar-refractivity contribution in [3.63, 3.8) is 0 Å². The van der Waals surface area contributed by atoms with E-state index < -0.39 is 0 Å². The summed E-state index contributed by atoms with van der Waals surface area (Å²) in [5.74, 6) is 0.990. The Balaban J connectivity index is 1.83. The van der Waals surface area contributed by atoms with E-state index in [1.54, 1.807) is 0 Å². The van der Waals surface area contributed by atoms with Crippen LogP contribution >= 0.6 is 0 Å². The lowest BCUT2D eigenvalue weighted by Gasteiger charge is -2.28. The minimum atomic E-state index is 0.743. The zero-order chi connectivity index (χ0) is 13.0. The molecule has 1 N–H and O–H groups in total. The van der Waals surface area contributed by atoms with Crippen molar-refractivity contribution in [2.24, 2.45) is 5.92 Å². The van der Waals surface area contributed by atoms with E-state index in [1.807, 2.05) is 0 Å². The highest BCUT2D eigenvalue weighted by Crippen LogP contribution is 2.26. The van der Waals surface area contributed by atoms with Crippen LogP contribution in [0.5, 0.6) is 0 Å². The lowest BCUT2D eigenvalue weighted by atomic mass is 9.84. The van der Waals surface area contributed by atoms with Gasteiger partial charge >= 0.3 is 0 Å². The summed E-state index contributed by atoms with van der Waals surface area (Å²) in [6, 6.07) is 7.50. The summed E-state index contributed by atoms with van der Waals surface area (Å²) in [4.78, 5) is 0. The van der Waals surface area contributed by atoms with Crippen LogP contribution in [0.25, 0.3) is 0 Å². The maximum Gasteiger partial charge on any atom is 0.0210 e. The molecule has 0 bridgehead atoms. The van der Waals surface area contributed by atoms with Crippen molar-refractivity contribution in [2.75, 3.05) is 0 Å². The van der Waals surface area contributed by atoms with Crippen molar-refractivity contribution >= 4 is 0 Å². The minimum absolute atomic E-state index is 0.743. The standard InChI is InChI=1S/C17H27N/c1-4-15-7-9-17(10-8-15)18-12-16-11-13(2)5-6-14(16)3/h5-6,11,15,17-18H,4,7-10,12H2,1-3H3. The molecule has 1 nitrogen and oxygen atoms in total. The topological polar surface area (TPSA) is 12.0 Å². The molecule has 0 heterocycles. The highest BCUT2D eigenvalue weighted by atomic mass is 14.9. The largest absolute Gasteiger partial charge is 0.310 e. The highest BCUT2D eigenvalue weighted by molar-refractivity contribution is 5.30.